The second-order valence-electron chi connectivity index (χ2n) is 5.44. The number of hydrogen-bond donors (Lipinski definition) is 2. The van der Waals surface area contributed by atoms with E-state index in [0.29, 0.717) is 5.84 Å². The van der Waals surface area contributed by atoms with E-state index in [1.807, 2.05) is 0 Å². The maximum absolute atomic E-state index is 7.21. The third-order valence-electron chi connectivity index (χ3n) is 4.17. The summed E-state index contributed by atoms with van der Waals surface area (Å²) in [7, 11) is 0. The average Bonchev–Trinajstić information content (AvgIpc) is 2.83. The van der Waals surface area contributed by atoms with Crippen molar-refractivity contribution in [2.24, 2.45) is 5.73 Å². The molecule has 0 amide bonds. The molecular formula is C13H26N4. The zero-order valence-corrected chi connectivity index (χ0v) is 10.8. The second kappa shape index (κ2) is 6.36. The fourth-order valence-corrected chi connectivity index (χ4v) is 3.11. The highest BCUT2D eigenvalue weighted by Crippen LogP contribution is 2.24. The molecule has 4 nitrogen and oxygen atoms in total. The first-order chi connectivity index (χ1) is 8.25. The van der Waals surface area contributed by atoms with Crippen LogP contribution in [0.3, 0.4) is 0 Å². The quantitative estimate of drug-likeness (QED) is 0.560. The number of piperazine rings is 1. The van der Waals surface area contributed by atoms with Gasteiger partial charge in [0.15, 0.2) is 0 Å². The predicted octanol–water partition coefficient (Wildman–Crippen LogP) is 1.26. The minimum atomic E-state index is 0.328. The third kappa shape index (κ3) is 3.96. The van der Waals surface area contributed by atoms with E-state index in [-0.39, 0.29) is 0 Å². The first-order valence-electron chi connectivity index (χ1n) is 7.05. The number of nitrogens with zero attached hydrogens (tertiary/aromatic N) is 2. The highest BCUT2D eigenvalue weighted by atomic mass is 15.3. The summed E-state index contributed by atoms with van der Waals surface area (Å²) in [5.41, 5.74) is 5.37. The molecule has 1 aliphatic carbocycles. The van der Waals surface area contributed by atoms with Gasteiger partial charge in [0.25, 0.3) is 0 Å². The Morgan fingerprint density at radius 2 is 1.76 bits per heavy atom. The molecule has 0 atom stereocenters. The number of rotatable bonds is 5. The van der Waals surface area contributed by atoms with Crippen LogP contribution in [0.4, 0.5) is 0 Å². The maximum Gasteiger partial charge on any atom is 0.0905 e. The van der Waals surface area contributed by atoms with Crippen LogP contribution in [0.25, 0.3) is 0 Å². The van der Waals surface area contributed by atoms with Gasteiger partial charge in [-0.05, 0) is 25.8 Å². The molecule has 0 radical (unpaired) electrons. The van der Waals surface area contributed by atoms with Crippen molar-refractivity contribution in [2.75, 3.05) is 32.7 Å². The van der Waals surface area contributed by atoms with Gasteiger partial charge in [-0.25, -0.2) is 0 Å². The molecule has 1 heterocycles. The molecular weight excluding hydrogens is 212 g/mol. The van der Waals surface area contributed by atoms with Gasteiger partial charge in [0.05, 0.1) is 5.84 Å². The van der Waals surface area contributed by atoms with Crippen LogP contribution >= 0.6 is 0 Å². The van der Waals surface area contributed by atoms with E-state index in [9.17, 15) is 0 Å². The summed E-state index contributed by atoms with van der Waals surface area (Å²) in [4.78, 5) is 5.21. The Balaban J connectivity index is 1.62. The maximum atomic E-state index is 7.21. The Bertz CT molecular complexity index is 240. The largest absolute Gasteiger partial charge is 0.388 e. The van der Waals surface area contributed by atoms with Crippen LogP contribution in [0.1, 0.15) is 38.5 Å². The van der Waals surface area contributed by atoms with Crippen molar-refractivity contribution in [3.05, 3.63) is 0 Å². The lowest BCUT2D eigenvalue weighted by molar-refractivity contribution is 0.0975. The van der Waals surface area contributed by atoms with Crippen LogP contribution in [0.15, 0.2) is 0 Å². The second-order valence-corrected chi connectivity index (χ2v) is 5.44. The molecule has 2 fully saturated rings. The molecule has 0 spiro atoms. The van der Waals surface area contributed by atoms with Crippen LogP contribution in [0.2, 0.25) is 0 Å². The van der Waals surface area contributed by atoms with Gasteiger partial charge in [-0.1, -0.05) is 12.8 Å². The molecule has 0 bridgehead atoms. The van der Waals surface area contributed by atoms with E-state index in [4.69, 9.17) is 11.1 Å². The minimum absolute atomic E-state index is 0.328. The van der Waals surface area contributed by atoms with Gasteiger partial charge in [-0.15, -0.1) is 0 Å². The molecule has 1 saturated heterocycles. The van der Waals surface area contributed by atoms with Crippen LogP contribution in [-0.2, 0) is 0 Å². The Morgan fingerprint density at radius 1 is 1.12 bits per heavy atom. The smallest absolute Gasteiger partial charge is 0.0905 e. The Morgan fingerprint density at radius 3 is 2.35 bits per heavy atom. The Labute approximate surface area is 105 Å². The fourth-order valence-electron chi connectivity index (χ4n) is 3.11. The van der Waals surface area contributed by atoms with Crippen molar-refractivity contribution in [1.82, 2.24) is 9.80 Å². The molecule has 4 heteroatoms. The topological polar surface area (TPSA) is 56.4 Å². The van der Waals surface area contributed by atoms with Crippen LogP contribution in [0, 0.1) is 5.41 Å². The van der Waals surface area contributed by atoms with Crippen molar-refractivity contribution in [1.29, 1.82) is 5.41 Å². The van der Waals surface area contributed by atoms with E-state index in [0.717, 1.165) is 25.4 Å². The van der Waals surface area contributed by atoms with Crippen LogP contribution in [0.5, 0.6) is 0 Å². The average molecular weight is 238 g/mol. The molecule has 98 valence electrons. The molecule has 2 rings (SSSR count). The molecule has 2 aliphatic rings. The molecule has 0 aromatic heterocycles. The Kier molecular flexibility index (Phi) is 4.80. The zero-order valence-electron chi connectivity index (χ0n) is 10.8. The van der Waals surface area contributed by atoms with Crippen LogP contribution in [-0.4, -0.2) is 54.4 Å². The van der Waals surface area contributed by atoms with Crippen molar-refractivity contribution in [2.45, 2.75) is 44.6 Å². The summed E-state index contributed by atoms with van der Waals surface area (Å²) in [5.74, 6) is 0.328. The van der Waals surface area contributed by atoms with Crippen molar-refractivity contribution >= 4 is 5.84 Å². The van der Waals surface area contributed by atoms with E-state index >= 15 is 0 Å². The monoisotopic (exact) mass is 238 g/mol. The summed E-state index contributed by atoms with van der Waals surface area (Å²) in [6.07, 6.45) is 7.50. The molecule has 3 N–H and O–H groups in total. The lowest BCUT2D eigenvalue weighted by Crippen LogP contribution is -2.49. The summed E-state index contributed by atoms with van der Waals surface area (Å²) in [6, 6.07) is 0.884. The van der Waals surface area contributed by atoms with Gasteiger partial charge in [0.1, 0.15) is 0 Å². The number of hydrogen-bond acceptors (Lipinski definition) is 3. The molecule has 1 saturated carbocycles. The number of nitrogens with two attached hydrogens (primary N) is 1. The van der Waals surface area contributed by atoms with E-state index in [1.54, 1.807) is 0 Å². The SMILES string of the molecule is N=C(N)CCCN1CCN(C2CCCC2)CC1. The fraction of sp³-hybridized carbons (Fsp3) is 0.923. The van der Waals surface area contributed by atoms with Gasteiger partial charge in [-0.3, -0.25) is 10.3 Å². The van der Waals surface area contributed by atoms with E-state index in [1.165, 1.54) is 51.9 Å². The van der Waals surface area contributed by atoms with Crippen molar-refractivity contribution in [3.8, 4) is 0 Å². The summed E-state index contributed by atoms with van der Waals surface area (Å²) < 4.78 is 0. The summed E-state index contributed by atoms with van der Waals surface area (Å²) in [5, 5.41) is 7.21. The van der Waals surface area contributed by atoms with Crippen molar-refractivity contribution in [3.63, 3.8) is 0 Å². The summed E-state index contributed by atoms with van der Waals surface area (Å²) >= 11 is 0. The highest BCUT2D eigenvalue weighted by molar-refractivity contribution is 5.76. The van der Waals surface area contributed by atoms with Gasteiger partial charge in [0.2, 0.25) is 0 Å². The van der Waals surface area contributed by atoms with E-state index < -0.39 is 0 Å². The normalized spacial score (nSPS) is 24.2. The van der Waals surface area contributed by atoms with Gasteiger partial charge in [0, 0.05) is 38.6 Å². The lowest BCUT2D eigenvalue weighted by Gasteiger charge is -2.38. The molecule has 0 aromatic carbocycles. The molecule has 0 unspecified atom stereocenters. The van der Waals surface area contributed by atoms with Gasteiger partial charge < -0.3 is 10.6 Å². The zero-order chi connectivity index (χ0) is 12.1. The predicted molar refractivity (Wildman–Crippen MR) is 71.4 cm³/mol. The summed E-state index contributed by atoms with van der Waals surface area (Å²) in [6.45, 7) is 6.00. The van der Waals surface area contributed by atoms with Gasteiger partial charge >= 0.3 is 0 Å². The van der Waals surface area contributed by atoms with Crippen LogP contribution < -0.4 is 5.73 Å². The number of nitrogens with one attached hydrogen (secondary N) is 1. The lowest BCUT2D eigenvalue weighted by atomic mass is 10.1. The van der Waals surface area contributed by atoms with E-state index in [2.05, 4.69) is 9.80 Å². The number of amidine groups is 1. The Hall–Kier alpha value is -0.610. The first kappa shape index (κ1) is 12.8. The standard InChI is InChI=1S/C13H26N4/c14-13(15)6-3-7-16-8-10-17(11-9-16)12-4-1-2-5-12/h12H,1-11H2,(H3,14,15). The third-order valence-corrected chi connectivity index (χ3v) is 4.17. The highest BCUT2D eigenvalue weighted by Gasteiger charge is 2.25. The van der Waals surface area contributed by atoms with Gasteiger partial charge in [-0.2, -0.15) is 0 Å². The first-order valence-corrected chi connectivity index (χ1v) is 7.05. The molecule has 17 heavy (non-hydrogen) atoms. The van der Waals surface area contributed by atoms with Crippen molar-refractivity contribution < 1.29 is 0 Å². The molecule has 1 aliphatic heterocycles. The minimum Gasteiger partial charge on any atom is -0.388 e. The molecule has 0 aromatic rings.